The summed E-state index contributed by atoms with van der Waals surface area (Å²) < 4.78 is 28.4. The van der Waals surface area contributed by atoms with Crippen LogP contribution in [-0.2, 0) is 10.2 Å². The molecule has 1 unspecified atom stereocenters. The van der Waals surface area contributed by atoms with Crippen molar-refractivity contribution in [2.45, 2.75) is 46.1 Å². The highest BCUT2D eigenvalue weighted by atomic mass is 32.2. The van der Waals surface area contributed by atoms with Crippen LogP contribution in [0.5, 0.6) is 0 Å². The van der Waals surface area contributed by atoms with Crippen molar-refractivity contribution < 1.29 is 8.42 Å². The van der Waals surface area contributed by atoms with Crippen molar-refractivity contribution in [3.8, 4) is 0 Å². The minimum Gasteiger partial charge on any atom is -0.315 e. The predicted octanol–water partition coefficient (Wildman–Crippen LogP) is 0.941. The molecule has 0 radical (unpaired) electrons. The van der Waals surface area contributed by atoms with Crippen molar-refractivity contribution in [2.75, 3.05) is 26.2 Å². The van der Waals surface area contributed by atoms with Crippen molar-refractivity contribution in [2.24, 2.45) is 5.92 Å². The van der Waals surface area contributed by atoms with Gasteiger partial charge in [-0.1, -0.05) is 27.2 Å². The summed E-state index contributed by atoms with van der Waals surface area (Å²) >= 11 is 0. The molecule has 1 fully saturated rings. The third kappa shape index (κ3) is 4.84. The van der Waals surface area contributed by atoms with Gasteiger partial charge < -0.3 is 5.32 Å². The molecule has 0 aromatic rings. The van der Waals surface area contributed by atoms with E-state index in [-0.39, 0.29) is 6.04 Å². The Hall–Kier alpha value is -0.170. The highest BCUT2D eigenvalue weighted by Gasteiger charge is 2.31. The predicted molar refractivity (Wildman–Crippen MR) is 74.6 cm³/mol. The number of hydrogen-bond acceptors (Lipinski definition) is 3. The molecular weight excluding hydrogens is 250 g/mol. The molecule has 0 bridgehead atoms. The molecule has 18 heavy (non-hydrogen) atoms. The molecule has 0 aliphatic carbocycles. The van der Waals surface area contributed by atoms with E-state index in [1.165, 1.54) is 0 Å². The van der Waals surface area contributed by atoms with E-state index in [1.807, 2.05) is 6.92 Å². The zero-order valence-corrected chi connectivity index (χ0v) is 12.6. The van der Waals surface area contributed by atoms with Crippen molar-refractivity contribution in [1.82, 2.24) is 14.3 Å². The molecule has 1 saturated heterocycles. The first-order valence-corrected chi connectivity index (χ1v) is 8.38. The molecule has 1 heterocycles. The smallest absolute Gasteiger partial charge is 0.279 e. The van der Waals surface area contributed by atoms with Gasteiger partial charge in [-0.25, -0.2) is 4.72 Å². The van der Waals surface area contributed by atoms with E-state index in [4.69, 9.17) is 0 Å². The van der Waals surface area contributed by atoms with Gasteiger partial charge in [-0.05, 0) is 25.3 Å². The Bertz CT molecular complexity index is 330. The fourth-order valence-electron chi connectivity index (χ4n) is 2.30. The normalized spacial score (nSPS) is 22.6. The zero-order chi connectivity index (χ0) is 13.6. The summed E-state index contributed by atoms with van der Waals surface area (Å²) in [5.74, 6) is 0.590. The number of nitrogens with one attached hydrogen (secondary N) is 2. The molecular formula is C12H27N3O2S. The van der Waals surface area contributed by atoms with Crippen LogP contribution < -0.4 is 10.0 Å². The lowest BCUT2D eigenvalue weighted by molar-refractivity contribution is 0.241. The van der Waals surface area contributed by atoms with Gasteiger partial charge in [-0.2, -0.15) is 12.7 Å². The van der Waals surface area contributed by atoms with Crippen LogP contribution in [-0.4, -0.2) is 44.9 Å². The second-order valence-electron chi connectivity index (χ2n) is 5.32. The quantitative estimate of drug-likeness (QED) is 0.728. The van der Waals surface area contributed by atoms with Crippen molar-refractivity contribution >= 4 is 10.2 Å². The molecule has 1 aliphatic heterocycles. The molecule has 0 spiro atoms. The van der Waals surface area contributed by atoms with Crippen molar-refractivity contribution in [3.63, 3.8) is 0 Å². The standard InChI is InChI=1S/C12H27N3O2S/c1-4-14-18(16,17)15-8-6-5-7-12(15)10-13-9-11(2)3/h11-14H,4-10H2,1-3H3. The van der Waals surface area contributed by atoms with Crippen LogP contribution in [0.15, 0.2) is 0 Å². The lowest BCUT2D eigenvalue weighted by Gasteiger charge is -2.34. The molecule has 0 saturated carbocycles. The molecule has 0 amide bonds. The molecule has 1 atom stereocenters. The molecule has 2 N–H and O–H groups in total. The third-order valence-electron chi connectivity index (χ3n) is 3.14. The Balaban J connectivity index is 2.57. The summed E-state index contributed by atoms with van der Waals surface area (Å²) in [7, 11) is -3.29. The fourth-order valence-corrected chi connectivity index (χ4v) is 3.77. The minimum atomic E-state index is -3.29. The van der Waals surface area contributed by atoms with E-state index in [0.717, 1.165) is 32.4 Å². The average Bonchev–Trinajstić information content (AvgIpc) is 2.29. The maximum atomic E-state index is 12.1. The Morgan fingerprint density at radius 2 is 2.06 bits per heavy atom. The van der Waals surface area contributed by atoms with Gasteiger partial charge in [0.1, 0.15) is 0 Å². The molecule has 1 rings (SSSR count). The van der Waals surface area contributed by atoms with Gasteiger partial charge >= 0.3 is 0 Å². The minimum absolute atomic E-state index is 0.0987. The number of hydrogen-bond donors (Lipinski definition) is 2. The first kappa shape index (κ1) is 15.9. The van der Waals surface area contributed by atoms with Gasteiger partial charge in [-0.3, -0.25) is 0 Å². The average molecular weight is 277 g/mol. The highest BCUT2D eigenvalue weighted by Crippen LogP contribution is 2.19. The summed E-state index contributed by atoms with van der Waals surface area (Å²) in [5.41, 5.74) is 0. The van der Waals surface area contributed by atoms with Crippen LogP contribution in [0.3, 0.4) is 0 Å². The number of rotatable bonds is 7. The lowest BCUT2D eigenvalue weighted by atomic mass is 10.0. The van der Waals surface area contributed by atoms with Crippen LogP contribution in [0, 0.1) is 5.92 Å². The Morgan fingerprint density at radius 1 is 1.33 bits per heavy atom. The molecule has 0 aromatic heterocycles. The third-order valence-corrected chi connectivity index (χ3v) is 4.89. The van der Waals surface area contributed by atoms with Gasteiger partial charge in [0, 0.05) is 25.7 Å². The highest BCUT2D eigenvalue weighted by molar-refractivity contribution is 7.87. The van der Waals surface area contributed by atoms with E-state index in [1.54, 1.807) is 4.31 Å². The topological polar surface area (TPSA) is 61.4 Å². The van der Waals surface area contributed by atoms with Gasteiger partial charge in [0.05, 0.1) is 0 Å². The number of nitrogens with zero attached hydrogens (tertiary/aromatic N) is 1. The summed E-state index contributed by atoms with van der Waals surface area (Å²) in [6.07, 6.45) is 3.03. The van der Waals surface area contributed by atoms with Gasteiger partial charge in [0.15, 0.2) is 0 Å². The molecule has 6 heteroatoms. The molecule has 108 valence electrons. The van der Waals surface area contributed by atoms with Gasteiger partial charge in [0.2, 0.25) is 0 Å². The second kappa shape index (κ2) is 7.43. The van der Waals surface area contributed by atoms with Gasteiger partial charge in [0.25, 0.3) is 10.2 Å². The first-order valence-electron chi connectivity index (χ1n) is 6.94. The van der Waals surface area contributed by atoms with Gasteiger partial charge in [-0.15, -0.1) is 0 Å². The van der Waals surface area contributed by atoms with E-state index in [0.29, 0.717) is 19.0 Å². The molecule has 1 aliphatic rings. The zero-order valence-electron chi connectivity index (χ0n) is 11.8. The fraction of sp³-hybridized carbons (Fsp3) is 1.00. The number of piperidine rings is 1. The van der Waals surface area contributed by atoms with Crippen LogP contribution in [0.2, 0.25) is 0 Å². The molecule has 0 aromatic carbocycles. The first-order chi connectivity index (χ1) is 8.47. The SMILES string of the molecule is CCNS(=O)(=O)N1CCCCC1CNCC(C)C. The summed E-state index contributed by atoms with van der Waals surface area (Å²) in [6, 6.07) is 0.0987. The summed E-state index contributed by atoms with van der Waals surface area (Å²) in [4.78, 5) is 0. The van der Waals surface area contributed by atoms with Crippen LogP contribution in [0.25, 0.3) is 0 Å². The van der Waals surface area contributed by atoms with Crippen LogP contribution >= 0.6 is 0 Å². The van der Waals surface area contributed by atoms with Crippen molar-refractivity contribution in [3.05, 3.63) is 0 Å². The molecule has 5 nitrogen and oxygen atoms in total. The van der Waals surface area contributed by atoms with E-state index < -0.39 is 10.2 Å². The van der Waals surface area contributed by atoms with E-state index >= 15 is 0 Å². The summed E-state index contributed by atoms with van der Waals surface area (Å²) in [5, 5.41) is 3.36. The monoisotopic (exact) mass is 277 g/mol. The van der Waals surface area contributed by atoms with Crippen molar-refractivity contribution in [1.29, 1.82) is 0 Å². The lowest BCUT2D eigenvalue weighted by Crippen LogP contribution is -2.52. The Morgan fingerprint density at radius 3 is 2.67 bits per heavy atom. The van der Waals surface area contributed by atoms with Crippen LogP contribution in [0.1, 0.15) is 40.0 Å². The van der Waals surface area contributed by atoms with E-state index in [9.17, 15) is 8.42 Å². The maximum absolute atomic E-state index is 12.1. The second-order valence-corrected chi connectivity index (χ2v) is 7.02. The maximum Gasteiger partial charge on any atom is 0.279 e. The Kier molecular flexibility index (Phi) is 6.55. The van der Waals surface area contributed by atoms with Crippen LogP contribution in [0.4, 0.5) is 0 Å². The largest absolute Gasteiger partial charge is 0.315 e. The van der Waals surface area contributed by atoms with E-state index in [2.05, 4.69) is 23.9 Å². The summed E-state index contributed by atoms with van der Waals surface area (Å²) in [6.45, 7) is 8.90. The Labute approximate surface area is 112 Å².